The number of carbonyl (C=O) groups is 1. The Morgan fingerprint density at radius 3 is 2.61 bits per heavy atom. The third-order valence-corrected chi connectivity index (χ3v) is 5.87. The molecule has 0 saturated carbocycles. The third-order valence-electron chi connectivity index (χ3n) is 4.95. The Labute approximate surface area is 188 Å². The van der Waals surface area contributed by atoms with Gasteiger partial charge in [0, 0.05) is 5.69 Å². The molecule has 1 atom stereocenters. The summed E-state index contributed by atoms with van der Waals surface area (Å²) >= 11 is 1.10. The fourth-order valence-corrected chi connectivity index (χ4v) is 4.21. The van der Waals surface area contributed by atoms with Gasteiger partial charge in [0.15, 0.2) is 5.69 Å². The summed E-state index contributed by atoms with van der Waals surface area (Å²) < 4.78 is 54.8. The maximum atomic E-state index is 14.3. The number of aromatic nitrogens is 2. The Kier molecular flexibility index (Phi) is 5.66. The Bertz CT molecular complexity index is 1430. The number of hydrogen-bond donors (Lipinski definition) is 2. The van der Waals surface area contributed by atoms with Gasteiger partial charge in [-0.2, -0.15) is 23.0 Å². The zero-order valence-electron chi connectivity index (χ0n) is 17.0. The van der Waals surface area contributed by atoms with Crippen LogP contribution in [0.4, 0.5) is 23.2 Å². The molecule has 170 valence electrons. The molecule has 2 aromatic carbocycles. The molecular weight excluding hydrogens is 460 g/mol. The van der Waals surface area contributed by atoms with Gasteiger partial charge in [-0.05, 0) is 54.3 Å². The van der Waals surface area contributed by atoms with Crippen molar-refractivity contribution in [2.75, 3.05) is 5.73 Å². The molecule has 0 aliphatic carbocycles. The normalized spacial score (nSPS) is 12.6. The average molecular weight is 476 g/mol. The summed E-state index contributed by atoms with van der Waals surface area (Å²) in [6.45, 7) is 1.49. The first-order chi connectivity index (χ1) is 15.6. The zero-order valence-corrected chi connectivity index (χ0v) is 17.8. The second-order valence-electron chi connectivity index (χ2n) is 7.26. The highest BCUT2D eigenvalue weighted by atomic mass is 32.1. The summed E-state index contributed by atoms with van der Waals surface area (Å²) in [5.41, 5.74) is 3.81. The van der Waals surface area contributed by atoms with Gasteiger partial charge >= 0.3 is 6.18 Å². The fraction of sp³-hybridized carbons (Fsp3) is 0.136. The van der Waals surface area contributed by atoms with E-state index < -0.39 is 35.1 Å². The van der Waals surface area contributed by atoms with E-state index in [1.54, 1.807) is 5.38 Å². The summed E-state index contributed by atoms with van der Waals surface area (Å²) in [6, 6.07) is 9.12. The van der Waals surface area contributed by atoms with Crippen molar-refractivity contribution < 1.29 is 22.4 Å². The van der Waals surface area contributed by atoms with Crippen LogP contribution in [-0.4, -0.2) is 15.7 Å². The number of fused-ring (bicyclic) bond motifs is 1. The van der Waals surface area contributed by atoms with Crippen LogP contribution in [-0.2, 0) is 6.18 Å². The molecule has 0 fully saturated rings. The molecule has 11 heteroatoms. The van der Waals surface area contributed by atoms with Gasteiger partial charge in [-0.3, -0.25) is 9.59 Å². The van der Waals surface area contributed by atoms with Crippen LogP contribution in [0.3, 0.4) is 0 Å². The van der Waals surface area contributed by atoms with Gasteiger partial charge in [0.1, 0.15) is 11.5 Å². The monoisotopic (exact) mass is 476 g/mol. The smallest absolute Gasteiger partial charge is 0.399 e. The molecule has 0 bridgehead atoms. The molecule has 4 rings (SSSR count). The number of carbonyl (C=O) groups excluding carboxylic acids is 1. The summed E-state index contributed by atoms with van der Waals surface area (Å²) in [4.78, 5) is 25.9. The van der Waals surface area contributed by atoms with Crippen LogP contribution in [0.1, 0.15) is 34.6 Å². The minimum absolute atomic E-state index is 0.104. The van der Waals surface area contributed by atoms with Crippen LogP contribution < -0.4 is 16.6 Å². The van der Waals surface area contributed by atoms with E-state index in [4.69, 9.17) is 5.73 Å². The molecule has 0 unspecified atom stereocenters. The topological polar surface area (TPSA) is 90.0 Å². The lowest BCUT2D eigenvalue weighted by molar-refractivity contribution is -0.137. The van der Waals surface area contributed by atoms with Gasteiger partial charge in [-0.15, -0.1) is 11.3 Å². The number of thiophene rings is 1. The SMILES string of the molecule is C[C@@H](NC(=O)c1nn(-c2ccccc2F)c(=O)c2ccsc12)c1cc(N)cc(C(F)(F)F)c1. The Hall–Kier alpha value is -3.73. The first kappa shape index (κ1) is 22.5. The van der Waals surface area contributed by atoms with E-state index >= 15 is 0 Å². The predicted molar refractivity (Wildman–Crippen MR) is 117 cm³/mol. The second kappa shape index (κ2) is 8.32. The summed E-state index contributed by atoms with van der Waals surface area (Å²) in [7, 11) is 0. The van der Waals surface area contributed by atoms with Crippen molar-refractivity contribution in [3.05, 3.63) is 86.9 Å². The Balaban J connectivity index is 1.75. The van der Waals surface area contributed by atoms with Gasteiger partial charge in [0.2, 0.25) is 0 Å². The second-order valence-corrected chi connectivity index (χ2v) is 8.18. The zero-order chi connectivity index (χ0) is 23.9. The maximum absolute atomic E-state index is 14.3. The number of nitrogen functional groups attached to an aromatic ring is 1. The van der Waals surface area contributed by atoms with Gasteiger partial charge in [-0.1, -0.05) is 12.1 Å². The first-order valence-electron chi connectivity index (χ1n) is 9.60. The number of hydrogen-bond acceptors (Lipinski definition) is 5. The number of nitrogens with zero attached hydrogens (tertiary/aromatic N) is 2. The highest BCUT2D eigenvalue weighted by Crippen LogP contribution is 2.33. The summed E-state index contributed by atoms with van der Waals surface area (Å²) in [6.07, 6.45) is -4.60. The van der Waals surface area contributed by atoms with Crippen LogP contribution in [0, 0.1) is 5.82 Å². The number of alkyl halides is 3. The summed E-state index contributed by atoms with van der Waals surface area (Å²) in [5, 5.41) is 8.43. The molecule has 6 nitrogen and oxygen atoms in total. The van der Waals surface area contributed by atoms with Crippen LogP contribution in [0.5, 0.6) is 0 Å². The third kappa shape index (κ3) is 4.31. The van der Waals surface area contributed by atoms with Crippen molar-refractivity contribution >= 4 is 33.0 Å². The number of para-hydroxylation sites is 1. The standard InChI is InChI=1S/C22H16F4N4O2S/c1-11(12-8-13(22(24,25)26)10-14(27)9-12)28-20(31)18-19-15(6-7-33-19)21(32)30(29-18)17-5-3-2-4-16(17)23/h2-11H,27H2,1H3,(H,28,31)/t11-/m1/s1. The summed E-state index contributed by atoms with van der Waals surface area (Å²) in [5.74, 6) is -1.45. The lowest BCUT2D eigenvalue weighted by atomic mass is 10.0. The van der Waals surface area contributed by atoms with E-state index in [0.29, 0.717) is 0 Å². The fourth-order valence-electron chi connectivity index (χ4n) is 3.34. The van der Waals surface area contributed by atoms with E-state index in [-0.39, 0.29) is 32.7 Å². The minimum Gasteiger partial charge on any atom is -0.399 e. The molecule has 2 heterocycles. The molecule has 3 N–H and O–H groups in total. The first-order valence-corrected chi connectivity index (χ1v) is 10.5. The molecule has 0 aliphatic rings. The van der Waals surface area contributed by atoms with Gasteiger partial charge in [-0.25, -0.2) is 4.39 Å². The molecule has 0 saturated heterocycles. The van der Waals surface area contributed by atoms with Crippen molar-refractivity contribution in [3.63, 3.8) is 0 Å². The number of amides is 1. The molecule has 0 radical (unpaired) electrons. The van der Waals surface area contributed by atoms with E-state index in [9.17, 15) is 27.2 Å². The quantitative estimate of drug-likeness (QED) is 0.331. The van der Waals surface area contributed by atoms with Gasteiger partial charge < -0.3 is 11.1 Å². The van der Waals surface area contributed by atoms with Crippen molar-refractivity contribution in [1.29, 1.82) is 0 Å². The van der Waals surface area contributed by atoms with Crippen LogP contribution in [0.15, 0.2) is 58.7 Å². The predicted octanol–water partition coefficient (Wildman–Crippen LogP) is 4.68. The lowest BCUT2D eigenvalue weighted by Crippen LogP contribution is -2.31. The van der Waals surface area contributed by atoms with E-state index in [0.717, 1.165) is 34.2 Å². The highest BCUT2D eigenvalue weighted by Gasteiger charge is 2.31. The van der Waals surface area contributed by atoms with E-state index in [2.05, 4.69) is 10.4 Å². The van der Waals surface area contributed by atoms with E-state index in [1.807, 2.05) is 0 Å². The number of benzene rings is 2. The minimum atomic E-state index is -4.60. The number of nitrogens with one attached hydrogen (secondary N) is 1. The highest BCUT2D eigenvalue weighted by molar-refractivity contribution is 7.17. The van der Waals surface area contributed by atoms with Crippen molar-refractivity contribution in [2.45, 2.75) is 19.1 Å². The van der Waals surface area contributed by atoms with E-state index in [1.165, 1.54) is 37.3 Å². The molecule has 0 spiro atoms. The molecule has 33 heavy (non-hydrogen) atoms. The molecule has 4 aromatic rings. The Morgan fingerprint density at radius 1 is 1.18 bits per heavy atom. The Morgan fingerprint density at radius 2 is 1.91 bits per heavy atom. The number of halogens is 4. The van der Waals surface area contributed by atoms with Crippen LogP contribution in [0.2, 0.25) is 0 Å². The van der Waals surface area contributed by atoms with Crippen molar-refractivity contribution in [1.82, 2.24) is 15.1 Å². The molecule has 0 aliphatic heterocycles. The molecule has 2 aromatic heterocycles. The largest absolute Gasteiger partial charge is 0.416 e. The number of anilines is 1. The average Bonchev–Trinajstić information content (AvgIpc) is 3.24. The van der Waals surface area contributed by atoms with Crippen molar-refractivity contribution in [3.8, 4) is 5.69 Å². The van der Waals surface area contributed by atoms with Crippen LogP contribution >= 0.6 is 11.3 Å². The van der Waals surface area contributed by atoms with Gasteiger partial charge in [0.25, 0.3) is 11.5 Å². The maximum Gasteiger partial charge on any atom is 0.416 e. The lowest BCUT2D eigenvalue weighted by Gasteiger charge is -2.17. The molecule has 1 amide bonds. The van der Waals surface area contributed by atoms with Crippen molar-refractivity contribution in [2.24, 2.45) is 0 Å². The van der Waals surface area contributed by atoms with Crippen LogP contribution in [0.25, 0.3) is 15.8 Å². The van der Waals surface area contributed by atoms with Gasteiger partial charge in [0.05, 0.1) is 21.7 Å². The molecular formula is C22H16F4N4O2S. The number of nitrogens with two attached hydrogens (primary N) is 1. The number of rotatable bonds is 4.